The molecule has 29 heavy (non-hydrogen) atoms. The Balaban J connectivity index is 1.69. The average Bonchev–Trinajstić information content (AvgIpc) is 2.67. The van der Waals surface area contributed by atoms with Gasteiger partial charge in [-0.25, -0.2) is 4.99 Å². The third kappa shape index (κ3) is 5.13. The molecule has 1 aliphatic rings. The molecule has 0 aromatic heterocycles. The zero-order valence-electron chi connectivity index (χ0n) is 16.9. The highest BCUT2D eigenvalue weighted by atomic mass is 35.5. The molecule has 2 aromatic carbocycles. The van der Waals surface area contributed by atoms with Crippen molar-refractivity contribution < 1.29 is 4.79 Å². The quantitative estimate of drug-likeness (QED) is 0.496. The van der Waals surface area contributed by atoms with Crippen molar-refractivity contribution in [1.82, 2.24) is 4.90 Å². The van der Waals surface area contributed by atoms with Gasteiger partial charge in [-0.2, -0.15) is 5.26 Å². The van der Waals surface area contributed by atoms with Crippen molar-refractivity contribution in [3.8, 4) is 6.07 Å². The van der Waals surface area contributed by atoms with Crippen molar-refractivity contribution in [2.24, 2.45) is 10.9 Å². The van der Waals surface area contributed by atoms with E-state index in [2.05, 4.69) is 11.1 Å². The molecular weight excluding hydrogens is 382 g/mol. The van der Waals surface area contributed by atoms with Gasteiger partial charge < -0.3 is 4.90 Å². The van der Waals surface area contributed by atoms with Gasteiger partial charge in [0.2, 0.25) is 0 Å². The molecule has 0 aliphatic carbocycles. The minimum Gasteiger partial charge on any atom is -0.337 e. The highest BCUT2D eigenvalue weighted by molar-refractivity contribution is 6.31. The molecule has 1 saturated heterocycles. The Kier molecular flexibility index (Phi) is 6.51. The van der Waals surface area contributed by atoms with Crippen LogP contribution in [0, 0.1) is 24.2 Å². The topological polar surface area (TPSA) is 56.5 Å². The molecule has 1 aliphatic heterocycles. The summed E-state index contributed by atoms with van der Waals surface area (Å²) in [6, 6.07) is 15.4. The molecule has 1 fully saturated rings. The average molecular weight is 406 g/mol. The van der Waals surface area contributed by atoms with E-state index in [0.717, 1.165) is 16.7 Å². The second-order valence-electron chi connectivity index (χ2n) is 7.70. The molecule has 0 atom stereocenters. The Morgan fingerprint density at radius 2 is 1.93 bits per heavy atom. The summed E-state index contributed by atoms with van der Waals surface area (Å²) >= 11 is 6.22. The standard InChI is InChI=1S/C24H24ClN3O/c1-16(2)13-27-23(25)11-21-10-20(7-4-17(21)3)24(29)28-14-22(15-28)19-8-5-18(12-26)6-9-19/h4-11,13,16,22H,14-15H2,1-3H3/b23-11+,27-13+. The zero-order chi connectivity index (χ0) is 21.0. The van der Waals surface area contributed by atoms with Gasteiger partial charge in [-0.1, -0.05) is 43.6 Å². The van der Waals surface area contributed by atoms with Gasteiger partial charge in [0, 0.05) is 30.8 Å². The molecule has 0 unspecified atom stereocenters. The van der Waals surface area contributed by atoms with Gasteiger partial charge in [-0.15, -0.1) is 0 Å². The highest BCUT2D eigenvalue weighted by Crippen LogP contribution is 2.29. The van der Waals surface area contributed by atoms with Gasteiger partial charge in [-0.05, 0) is 59.9 Å². The van der Waals surface area contributed by atoms with E-state index in [4.69, 9.17) is 16.9 Å². The summed E-state index contributed by atoms with van der Waals surface area (Å²) in [5.74, 6) is 0.657. The third-order valence-electron chi connectivity index (χ3n) is 4.98. The van der Waals surface area contributed by atoms with Crippen LogP contribution in [0.1, 0.15) is 52.4 Å². The van der Waals surface area contributed by atoms with Crippen molar-refractivity contribution in [3.05, 3.63) is 75.4 Å². The number of carbonyl (C=O) groups is 1. The van der Waals surface area contributed by atoms with Gasteiger partial charge in [0.25, 0.3) is 5.91 Å². The van der Waals surface area contributed by atoms with Crippen LogP contribution in [-0.4, -0.2) is 30.1 Å². The number of benzene rings is 2. The molecule has 1 heterocycles. The number of nitrogens with zero attached hydrogens (tertiary/aromatic N) is 3. The monoisotopic (exact) mass is 405 g/mol. The Morgan fingerprint density at radius 3 is 2.55 bits per heavy atom. The van der Waals surface area contributed by atoms with E-state index in [0.29, 0.717) is 41.2 Å². The van der Waals surface area contributed by atoms with Gasteiger partial charge in [0.1, 0.15) is 5.16 Å². The van der Waals surface area contributed by atoms with E-state index in [-0.39, 0.29) is 5.91 Å². The van der Waals surface area contributed by atoms with Gasteiger partial charge >= 0.3 is 0 Å². The number of hydrogen-bond acceptors (Lipinski definition) is 3. The van der Waals surface area contributed by atoms with E-state index < -0.39 is 0 Å². The second kappa shape index (κ2) is 9.07. The van der Waals surface area contributed by atoms with Crippen LogP contribution in [0.15, 0.2) is 52.6 Å². The molecule has 0 saturated carbocycles. The summed E-state index contributed by atoms with van der Waals surface area (Å²) in [4.78, 5) is 19.0. The molecule has 0 N–H and O–H groups in total. The fourth-order valence-electron chi connectivity index (χ4n) is 3.18. The summed E-state index contributed by atoms with van der Waals surface area (Å²) in [7, 11) is 0. The lowest BCUT2D eigenvalue weighted by Gasteiger charge is -2.39. The fourth-order valence-corrected chi connectivity index (χ4v) is 3.36. The molecule has 2 aromatic rings. The van der Waals surface area contributed by atoms with Crippen LogP contribution >= 0.6 is 11.6 Å². The van der Waals surface area contributed by atoms with Crippen molar-refractivity contribution in [3.63, 3.8) is 0 Å². The van der Waals surface area contributed by atoms with Crippen molar-refractivity contribution in [2.75, 3.05) is 13.1 Å². The van der Waals surface area contributed by atoms with Crippen LogP contribution in [0.25, 0.3) is 6.08 Å². The molecular formula is C24H24ClN3O. The minimum absolute atomic E-state index is 0.0198. The Labute approximate surface area is 177 Å². The number of carbonyl (C=O) groups excluding carboxylic acids is 1. The SMILES string of the molecule is Cc1ccc(C(=O)N2CC(c3ccc(C#N)cc3)C2)cc1/C=C(Cl)/N=C/C(C)C. The van der Waals surface area contributed by atoms with E-state index in [1.807, 2.05) is 68.1 Å². The molecule has 4 nitrogen and oxygen atoms in total. The van der Waals surface area contributed by atoms with Crippen molar-refractivity contribution in [2.45, 2.75) is 26.7 Å². The summed E-state index contributed by atoms with van der Waals surface area (Å²) in [5.41, 5.74) is 4.40. The second-order valence-corrected chi connectivity index (χ2v) is 8.09. The summed E-state index contributed by atoms with van der Waals surface area (Å²) in [5, 5.41) is 9.31. The normalized spacial score (nSPS) is 14.9. The molecule has 0 bridgehead atoms. The van der Waals surface area contributed by atoms with Crippen LogP contribution in [-0.2, 0) is 0 Å². The molecule has 0 radical (unpaired) electrons. The summed E-state index contributed by atoms with van der Waals surface area (Å²) < 4.78 is 0. The lowest BCUT2D eigenvalue weighted by Crippen LogP contribution is -2.48. The number of rotatable bonds is 5. The first-order valence-corrected chi connectivity index (χ1v) is 10.1. The number of hydrogen-bond donors (Lipinski definition) is 0. The maximum Gasteiger partial charge on any atom is 0.253 e. The molecule has 3 rings (SSSR count). The predicted octanol–water partition coefficient (Wildman–Crippen LogP) is 5.37. The number of aliphatic imine (C=N–C) groups is 1. The van der Waals surface area contributed by atoms with E-state index in [1.165, 1.54) is 0 Å². The van der Waals surface area contributed by atoms with Crippen LogP contribution in [0.2, 0.25) is 0 Å². The lowest BCUT2D eigenvalue weighted by atomic mass is 9.90. The van der Waals surface area contributed by atoms with Crippen LogP contribution in [0.4, 0.5) is 0 Å². The van der Waals surface area contributed by atoms with E-state index in [9.17, 15) is 4.79 Å². The maximum absolute atomic E-state index is 12.9. The number of nitriles is 1. The Bertz CT molecular complexity index is 994. The summed E-state index contributed by atoms with van der Waals surface area (Å²) in [6.07, 6.45) is 3.59. The van der Waals surface area contributed by atoms with Crippen LogP contribution in [0.3, 0.4) is 0 Å². The largest absolute Gasteiger partial charge is 0.337 e. The highest BCUT2D eigenvalue weighted by Gasteiger charge is 2.32. The van der Waals surface area contributed by atoms with Crippen molar-refractivity contribution in [1.29, 1.82) is 5.26 Å². The fraction of sp³-hybridized carbons (Fsp3) is 0.292. The van der Waals surface area contributed by atoms with Crippen molar-refractivity contribution >= 4 is 29.8 Å². The minimum atomic E-state index is 0.0198. The molecule has 1 amide bonds. The predicted molar refractivity (Wildman–Crippen MR) is 118 cm³/mol. The Hall–Kier alpha value is -2.90. The Morgan fingerprint density at radius 1 is 1.24 bits per heavy atom. The smallest absolute Gasteiger partial charge is 0.253 e. The number of halogens is 1. The first kappa shape index (κ1) is 20.8. The van der Waals surface area contributed by atoms with Gasteiger partial charge in [-0.3, -0.25) is 4.79 Å². The lowest BCUT2D eigenvalue weighted by molar-refractivity contribution is 0.0602. The first-order valence-electron chi connectivity index (χ1n) is 9.68. The van der Waals surface area contributed by atoms with Gasteiger partial charge in [0.05, 0.1) is 11.6 Å². The summed E-state index contributed by atoms with van der Waals surface area (Å²) in [6.45, 7) is 7.43. The van der Waals surface area contributed by atoms with Crippen LogP contribution < -0.4 is 0 Å². The first-order chi connectivity index (χ1) is 13.9. The third-order valence-corrected chi connectivity index (χ3v) is 5.18. The maximum atomic E-state index is 12.9. The molecule has 0 spiro atoms. The van der Waals surface area contributed by atoms with Gasteiger partial charge in [0.15, 0.2) is 0 Å². The van der Waals surface area contributed by atoms with E-state index >= 15 is 0 Å². The zero-order valence-corrected chi connectivity index (χ0v) is 17.6. The number of amides is 1. The number of likely N-dealkylation sites (tertiary alicyclic amines) is 1. The number of aryl methyl sites for hydroxylation is 1. The van der Waals surface area contributed by atoms with Crippen LogP contribution in [0.5, 0.6) is 0 Å². The molecule has 5 heteroatoms. The molecule has 148 valence electrons. The van der Waals surface area contributed by atoms with E-state index in [1.54, 1.807) is 12.3 Å².